The van der Waals surface area contributed by atoms with Crippen LogP contribution in [-0.2, 0) is 4.79 Å². The third-order valence-corrected chi connectivity index (χ3v) is 2.87. The van der Waals surface area contributed by atoms with Gasteiger partial charge in [-0.3, -0.25) is 0 Å². The van der Waals surface area contributed by atoms with Crippen molar-refractivity contribution >= 4 is 33.6 Å². The molecule has 0 spiro atoms. The summed E-state index contributed by atoms with van der Waals surface area (Å²) < 4.78 is 1.03. The molecule has 1 aliphatic rings. The highest BCUT2D eigenvalue weighted by Crippen LogP contribution is 2.30. The van der Waals surface area contributed by atoms with E-state index in [0.29, 0.717) is 0 Å². The lowest BCUT2D eigenvalue weighted by Gasteiger charge is -2.30. The molecule has 0 saturated carbocycles. The van der Waals surface area contributed by atoms with Crippen molar-refractivity contribution < 1.29 is 4.79 Å². The van der Waals surface area contributed by atoms with Gasteiger partial charge in [-0.05, 0) is 25.1 Å². The standard InChI is InChI=1S/C10H11BrN2O/c1-6-10(5-14)13-8-3-2-7(11)4-9(8)12-6/h2-6,10,12-13H,1H3. The lowest BCUT2D eigenvalue weighted by Crippen LogP contribution is -2.42. The minimum absolute atomic E-state index is 0.120. The number of hydrogen-bond acceptors (Lipinski definition) is 3. The Morgan fingerprint density at radius 1 is 1.36 bits per heavy atom. The minimum atomic E-state index is -0.149. The van der Waals surface area contributed by atoms with Crippen LogP contribution in [0.4, 0.5) is 11.4 Å². The number of hydrogen-bond donors (Lipinski definition) is 2. The predicted molar refractivity (Wildman–Crippen MR) is 60.7 cm³/mol. The molecule has 0 amide bonds. The second-order valence-corrected chi connectivity index (χ2v) is 4.34. The van der Waals surface area contributed by atoms with Crippen LogP contribution in [0.1, 0.15) is 6.92 Å². The van der Waals surface area contributed by atoms with Gasteiger partial charge in [0.15, 0.2) is 0 Å². The van der Waals surface area contributed by atoms with Crippen molar-refractivity contribution in [3.8, 4) is 0 Å². The lowest BCUT2D eigenvalue weighted by molar-refractivity contribution is -0.108. The number of halogens is 1. The molecule has 1 aliphatic heterocycles. The molecule has 2 atom stereocenters. The van der Waals surface area contributed by atoms with Crippen LogP contribution < -0.4 is 10.6 Å². The van der Waals surface area contributed by atoms with Gasteiger partial charge >= 0.3 is 0 Å². The molecule has 0 radical (unpaired) electrons. The van der Waals surface area contributed by atoms with Gasteiger partial charge in [-0.15, -0.1) is 0 Å². The molecule has 0 saturated heterocycles. The maximum atomic E-state index is 10.7. The molecule has 3 nitrogen and oxygen atoms in total. The summed E-state index contributed by atoms with van der Waals surface area (Å²) >= 11 is 3.41. The molecule has 0 bridgehead atoms. The van der Waals surface area contributed by atoms with Crippen molar-refractivity contribution in [1.29, 1.82) is 0 Å². The molecule has 1 aromatic carbocycles. The van der Waals surface area contributed by atoms with Gasteiger partial charge in [0, 0.05) is 4.47 Å². The zero-order valence-corrected chi connectivity index (χ0v) is 9.34. The summed E-state index contributed by atoms with van der Waals surface area (Å²) in [5, 5.41) is 6.45. The molecule has 0 fully saturated rings. The van der Waals surface area contributed by atoms with Crippen LogP contribution >= 0.6 is 15.9 Å². The molecule has 4 heteroatoms. The molecule has 74 valence electrons. The van der Waals surface area contributed by atoms with E-state index in [4.69, 9.17) is 0 Å². The fourth-order valence-electron chi connectivity index (χ4n) is 1.55. The summed E-state index contributed by atoms with van der Waals surface area (Å²) in [6.45, 7) is 1.98. The fraction of sp³-hybridized carbons (Fsp3) is 0.300. The Kier molecular flexibility index (Phi) is 2.46. The number of benzene rings is 1. The van der Waals surface area contributed by atoms with E-state index in [9.17, 15) is 4.79 Å². The summed E-state index contributed by atoms with van der Waals surface area (Å²) in [4.78, 5) is 10.7. The Morgan fingerprint density at radius 3 is 2.86 bits per heavy atom. The van der Waals surface area contributed by atoms with Gasteiger partial charge in [-0.2, -0.15) is 0 Å². The molecule has 2 unspecified atom stereocenters. The average molecular weight is 255 g/mol. The highest BCUT2D eigenvalue weighted by molar-refractivity contribution is 9.10. The van der Waals surface area contributed by atoms with Crippen molar-refractivity contribution in [2.75, 3.05) is 10.6 Å². The van der Waals surface area contributed by atoms with E-state index in [1.54, 1.807) is 0 Å². The van der Waals surface area contributed by atoms with Crippen LogP contribution in [0.15, 0.2) is 22.7 Å². The van der Waals surface area contributed by atoms with Crippen LogP contribution in [0.3, 0.4) is 0 Å². The number of carbonyl (C=O) groups excluding carboxylic acids is 1. The second-order valence-electron chi connectivity index (χ2n) is 3.43. The lowest BCUT2D eigenvalue weighted by atomic mass is 10.1. The Balaban J connectivity index is 2.35. The SMILES string of the molecule is CC1Nc2cc(Br)ccc2NC1C=O. The van der Waals surface area contributed by atoms with E-state index >= 15 is 0 Å². The van der Waals surface area contributed by atoms with Gasteiger partial charge < -0.3 is 15.4 Å². The average Bonchev–Trinajstić information content (AvgIpc) is 2.16. The molecule has 14 heavy (non-hydrogen) atoms. The molecule has 2 rings (SSSR count). The molecular formula is C10H11BrN2O. The topological polar surface area (TPSA) is 41.1 Å². The number of rotatable bonds is 1. The van der Waals surface area contributed by atoms with E-state index in [2.05, 4.69) is 26.6 Å². The Labute approximate surface area is 91.0 Å². The first-order valence-electron chi connectivity index (χ1n) is 4.48. The van der Waals surface area contributed by atoms with Crippen molar-refractivity contribution in [3.05, 3.63) is 22.7 Å². The highest BCUT2D eigenvalue weighted by atomic mass is 79.9. The van der Waals surface area contributed by atoms with Crippen molar-refractivity contribution in [3.63, 3.8) is 0 Å². The van der Waals surface area contributed by atoms with Crippen molar-refractivity contribution in [2.24, 2.45) is 0 Å². The molecule has 1 heterocycles. The number of nitrogens with one attached hydrogen (secondary N) is 2. The summed E-state index contributed by atoms with van der Waals surface area (Å²) in [6, 6.07) is 5.87. The molecule has 1 aromatic rings. The van der Waals surface area contributed by atoms with Crippen LogP contribution in [0.2, 0.25) is 0 Å². The van der Waals surface area contributed by atoms with Crippen LogP contribution in [-0.4, -0.2) is 18.4 Å². The van der Waals surface area contributed by atoms with Crippen LogP contribution in [0, 0.1) is 0 Å². The molecular weight excluding hydrogens is 244 g/mol. The maximum absolute atomic E-state index is 10.7. The van der Waals surface area contributed by atoms with Gasteiger partial charge in [0.2, 0.25) is 0 Å². The first-order chi connectivity index (χ1) is 6.70. The van der Waals surface area contributed by atoms with Gasteiger partial charge in [0.05, 0.1) is 17.4 Å². The normalized spacial score (nSPS) is 24.4. The number of anilines is 2. The molecule has 0 aromatic heterocycles. The van der Waals surface area contributed by atoms with Gasteiger partial charge in [-0.25, -0.2) is 0 Å². The van der Waals surface area contributed by atoms with E-state index in [0.717, 1.165) is 22.1 Å². The summed E-state index contributed by atoms with van der Waals surface area (Å²) in [7, 11) is 0. The number of carbonyl (C=O) groups is 1. The summed E-state index contributed by atoms with van der Waals surface area (Å²) in [5.74, 6) is 0. The number of fused-ring (bicyclic) bond motifs is 1. The number of aldehydes is 1. The predicted octanol–water partition coefficient (Wildman–Crippen LogP) is 2.24. The Bertz CT molecular complexity index is 367. The van der Waals surface area contributed by atoms with Crippen molar-refractivity contribution in [1.82, 2.24) is 0 Å². The zero-order valence-electron chi connectivity index (χ0n) is 7.75. The highest BCUT2D eigenvalue weighted by Gasteiger charge is 2.23. The Morgan fingerprint density at radius 2 is 2.14 bits per heavy atom. The smallest absolute Gasteiger partial charge is 0.144 e. The largest absolute Gasteiger partial charge is 0.378 e. The quantitative estimate of drug-likeness (QED) is 0.756. The van der Waals surface area contributed by atoms with Gasteiger partial charge in [0.25, 0.3) is 0 Å². The van der Waals surface area contributed by atoms with E-state index in [1.807, 2.05) is 25.1 Å². The summed E-state index contributed by atoms with van der Waals surface area (Å²) in [6.07, 6.45) is 0.933. The minimum Gasteiger partial charge on any atom is -0.378 e. The van der Waals surface area contributed by atoms with Gasteiger partial charge in [-0.1, -0.05) is 15.9 Å². The first kappa shape index (κ1) is 9.52. The van der Waals surface area contributed by atoms with Gasteiger partial charge in [0.1, 0.15) is 12.3 Å². The maximum Gasteiger partial charge on any atom is 0.144 e. The molecule has 0 aliphatic carbocycles. The zero-order chi connectivity index (χ0) is 10.1. The van der Waals surface area contributed by atoms with E-state index in [-0.39, 0.29) is 12.1 Å². The molecule has 2 N–H and O–H groups in total. The Hall–Kier alpha value is -1.03. The van der Waals surface area contributed by atoms with E-state index in [1.165, 1.54) is 0 Å². The van der Waals surface area contributed by atoms with Crippen molar-refractivity contribution in [2.45, 2.75) is 19.0 Å². The fourth-order valence-corrected chi connectivity index (χ4v) is 1.91. The third-order valence-electron chi connectivity index (χ3n) is 2.37. The summed E-state index contributed by atoms with van der Waals surface area (Å²) in [5.41, 5.74) is 2.01. The van der Waals surface area contributed by atoms with Crippen LogP contribution in [0.5, 0.6) is 0 Å². The first-order valence-corrected chi connectivity index (χ1v) is 5.28. The van der Waals surface area contributed by atoms with E-state index < -0.39 is 0 Å². The second kappa shape index (κ2) is 3.61. The third kappa shape index (κ3) is 1.62. The monoisotopic (exact) mass is 254 g/mol. The van der Waals surface area contributed by atoms with Crippen LogP contribution in [0.25, 0.3) is 0 Å².